The van der Waals surface area contributed by atoms with Gasteiger partial charge in [-0.1, -0.05) is 29.3 Å². The molecule has 0 spiro atoms. The SMILES string of the molecule is C[C@@H](Nc1nc(N2CC[C@H](N)[C@H](O)C2)ncc1F)c1ccc(Cl)cc1Cl. The van der Waals surface area contributed by atoms with Crippen LogP contribution in [0.3, 0.4) is 0 Å². The smallest absolute Gasteiger partial charge is 0.227 e. The number of piperidine rings is 1. The molecule has 0 bridgehead atoms. The van der Waals surface area contributed by atoms with Crippen molar-refractivity contribution in [2.24, 2.45) is 5.73 Å². The summed E-state index contributed by atoms with van der Waals surface area (Å²) in [6, 6.07) is 4.58. The van der Waals surface area contributed by atoms with Crippen LogP contribution >= 0.6 is 23.2 Å². The van der Waals surface area contributed by atoms with E-state index in [0.717, 1.165) is 11.8 Å². The van der Waals surface area contributed by atoms with Crippen molar-refractivity contribution in [3.63, 3.8) is 0 Å². The number of nitrogens with two attached hydrogens (primary N) is 1. The summed E-state index contributed by atoms with van der Waals surface area (Å²) in [6.07, 6.45) is 1.06. The van der Waals surface area contributed by atoms with Gasteiger partial charge < -0.3 is 21.1 Å². The quantitative estimate of drug-likeness (QED) is 0.732. The van der Waals surface area contributed by atoms with Crippen LogP contribution in [0.5, 0.6) is 0 Å². The maximum Gasteiger partial charge on any atom is 0.227 e. The van der Waals surface area contributed by atoms with E-state index < -0.39 is 11.9 Å². The number of hydrogen-bond acceptors (Lipinski definition) is 6. The second kappa shape index (κ2) is 7.92. The number of nitrogens with one attached hydrogen (secondary N) is 1. The number of benzene rings is 1. The van der Waals surface area contributed by atoms with Crippen LogP contribution in [-0.4, -0.2) is 40.3 Å². The second-order valence-corrected chi connectivity index (χ2v) is 7.21. The summed E-state index contributed by atoms with van der Waals surface area (Å²) >= 11 is 12.1. The molecule has 1 aliphatic heterocycles. The van der Waals surface area contributed by atoms with Crippen LogP contribution in [0.1, 0.15) is 24.9 Å². The van der Waals surface area contributed by atoms with Crippen LogP contribution in [0.2, 0.25) is 10.0 Å². The third-order valence-electron chi connectivity index (χ3n) is 4.43. The summed E-state index contributed by atoms with van der Waals surface area (Å²) < 4.78 is 14.2. The first-order chi connectivity index (χ1) is 12.3. The molecule has 0 saturated carbocycles. The third-order valence-corrected chi connectivity index (χ3v) is 4.99. The molecule has 3 rings (SSSR count). The monoisotopic (exact) mass is 399 g/mol. The molecule has 1 fully saturated rings. The Morgan fingerprint density at radius 2 is 2.19 bits per heavy atom. The van der Waals surface area contributed by atoms with E-state index in [4.69, 9.17) is 28.9 Å². The zero-order valence-corrected chi connectivity index (χ0v) is 15.7. The summed E-state index contributed by atoms with van der Waals surface area (Å²) in [6.45, 7) is 2.76. The Morgan fingerprint density at radius 3 is 2.88 bits per heavy atom. The lowest BCUT2D eigenvalue weighted by atomic mass is 10.0. The molecule has 1 aromatic carbocycles. The van der Waals surface area contributed by atoms with Crippen LogP contribution in [0.25, 0.3) is 0 Å². The van der Waals surface area contributed by atoms with Gasteiger partial charge in [0.2, 0.25) is 5.95 Å². The number of hydrogen-bond donors (Lipinski definition) is 3. The van der Waals surface area contributed by atoms with E-state index in [-0.39, 0.29) is 17.9 Å². The number of nitrogens with zero attached hydrogens (tertiary/aromatic N) is 3. The van der Waals surface area contributed by atoms with Gasteiger partial charge in [-0.3, -0.25) is 0 Å². The first-order valence-electron chi connectivity index (χ1n) is 8.27. The summed E-state index contributed by atoms with van der Waals surface area (Å²) in [7, 11) is 0. The maximum atomic E-state index is 14.2. The number of halogens is 3. The summed E-state index contributed by atoms with van der Waals surface area (Å²) in [5.41, 5.74) is 6.59. The van der Waals surface area contributed by atoms with Gasteiger partial charge in [0.15, 0.2) is 11.6 Å². The minimum atomic E-state index is -0.666. The van der Waals surface area contributed by atoms with Gasteiger partial charge in [-0.05, 0) is 31.0 Å². The average molecular weight is 400 g/mol. The number of aliphatic hydroxyl groups excluding tert-OH is 1. The molecular formula is C17H20Cl2FN5O. The van der Waals surface area contributed by atoms with Crippen molar-refractivity contribution in [3.8, 4) is 0 Å². The second-order valence-electron chi connectivity index (χ2n) is 6.36. The fourth-order valence-corrected chi connectivity index (χ4v) is 3.45. The molecule has 9 heteroatoms. The molecule has 2 aromatic rings. The Morgan fingerprint density at radius 1 is 1.42 bits per heavy atom. The van der Waals surface area contributed by atoms with Crippen molar-refractivity contribution in [3.05, 3.63) is 45.8 Å². The van der Waals surface area contributed by atoms with Crippen LogP contribution in [0.4, 0.5) is 16.2 Å². The van der Waals surface area contributed by atoms with Gasteiger partial charge in [-0.2, -0.15) is 4.98 Å². The Bertz CT molecular complexity index is 794. The molecule has 140 valence electrons. The van der Waals surface area contributed by atoms with Gasteiger partial charge >= 0.3 is 0 Å². The van der Waals surface area contributed by atoms with Gasteiger partial charge in [0, 0.05) is 29.2 Å². The molecule has 0 amide bonds. The van der Waals surface area contributed by atoms with Crippen LogP contribution in [0.15, 0.2) is 24.4 Å². The third kappa shape index (κ3) is 4.17. The van der Waals surface area contributed by atoms with Crippen molar-refractivity contribution in [2.45, 2.75) is 31.5 Å². The Labute approximate surface area is 161 Å². The topological polar surface area (TPSA) is 87.3 Å². The standard InChI is InChI=1S/C17H20Cl2FN5O/c1-9(11-3-2-10(18)6-12(11)19)23-16-13(20)7-22-17(24-16)25-5-4-14(21)15(26)8-25/h2-3,6-7,9,14-15,26H,4-5,8,21H2,1H3,(H,22,23,24)/t9-,14+,15-/m1/s1. The van der Waals surface area contributed by atoms with E-state index in [1.165, 1.54) is 0 Å². The fourth-order valence-electron chi connectivity index (χ4n) is 2.88. The summed E-state index contributed by atoms with van der Waals surface area (Å²) in [5.74, 6) is -0.160. The van der Waals surface area contributed by atoms with Crippen molar-refractivity contribution >= 4 is 35.0 Å². The van der Waals surface area contributed by atoms with Crippen LogP contribution in [0, 0.1) is 5.82 Å². The molecule has 4 N–H and O–H groups in total. The lowest BCUT2D eigenvalue weighted by molar-refractivity contribution is 0.131. The predicted octanol–water partition coefficient (Wildman–Crippen LogP) is 2.99. The molecule has 1 aliphatic rings. The van der Waals surface area contributed by atoms with Crippen molar-refractivity contribution < 1.29 is 9.50 Å². The molecule has 26 heavy (non-hydrogen) atoms. The lowest BCUT2D eigenvalue weighted by Crippen LogP contribution is -2.51. The van der Waals surface area contributed by atoms with Gasteiger partial charge in [-0.15, -0.1) is 0 Å². The first kappa shape index (κ1) is 19.1. The van der Waals surface area contributed by atoms with Gasteiger partial charge in [0.1, 0.15) is 0 Å². The zero-order chi connectivity index (χ0) is 18.8. The van der Waals surface area contributed by atoms with Gasteiger partial charge in [-0.25, -0.2) is 9.37 Å². The number of aliphatic hydroxyl groups is 1. The van der Waals surface area contributed by atoms with Crippen molar-refractivity contribution in [1.82, 2.24) is 9.97 Å². The average Bonchev–Trinajstić information content (AvgIpc) is 2.59. The Balaban J connectivity index is 1.79. The first-order valence-corrected chi connectivity index (χ1v) is 9.03. The summed E-state index contributed by atoms with van der Waals surface area (Å²) in [4.78, 5) is 10.1. The Hall–Kier alpha value is -1.67. The molecule has 2 heterocycles. The van der Waals surface area contributed by atoms with E-state index in [1.54, 1.807) is 23.1 Å². The van der Waals surface area contributed by atoms with Crippen LogP contribution < -0.4 is 16.0 Å². The molecule has 0 unspecified atom stereocenters. The minimum Gasteiger partial charge on any atom is -0.390 e. The maximum absolute atomic E-state index is 14.2. The molecule has 3 atom stereocenters. The van der Waals surface area contributed by atoms with Crippen molar-refractivity contribution in [1.29, 1.82) is 0 Å². The highest BCUT2D eigenvalue weighted by molar-refractivity contribution is 6.35. The van der Waals surface area contributed by atoms with E-state index in [1.807, 2.05) is 6.92 Å². The number of aromatic nitrogens is 2. The molecule has 0 aliphatic carbocycles. The summed E-state index contributed by atoms with van der Waals surface area (Å²) in [5, 5.41) is 14.0. The fraction of sp³-hybridized carbons (Fsp3) is 0.412. The zero-order valence-electron chi connectivity index (χ0n) is 14.2. The van der Waals surface area contributed by atoms with Gasteiger partial charge in [0.25, 0.3) is 0 Å². The normalized spacial score (nSPS) is 21.5. The minimum absolute atomic E-state index is 0.0675. The number of anilines is 2. The van der Waals surface area contributed by atoms with Gasteiger partial charge in [0.05, 0.1) is 18.3 Å². The highest BCUT2D eigenvalue weighted by Crippen LogP contribution is 2.29. The molecular weight excluding hydrogens is 380 g/mol. The molecule has 0 radical (unpaired) electrons. The molecule has 6 nitrogen and oxygen atoms in total. The van der Waals surface area contributed by atoms with Crippen LogP contribution in [-0.2, 0) is 0 Å². The van der Waals surface area contributed by atoms with E-state index >= 15 is 0 Å². The van der Waals surface area contributed by atoms with E-state index in [0.29, 0.717) is 35.5 Å². The van der Waals surface area contributed by atoms with Crippen molar-refractivity contribution in [2.75, 3.05) is 23.3 Å². The largest absolute Gasteiger partial charge is 0.390 e. The highest BCUT2D eigenvalue weighted by atomic mass is 35.5. The molecule has 1 aromatic heterocycles. The Kier molecular flexibility index (Phi) is 5.82. The van der Waals surface area contributed by atoms with E-state index in [2.05, 4.69) is 15.3 Å². The highest BCUT2D eigenvalue weighted by Gasteiger charge is 2.27. The number of rotatable bonds is 4. The lowest BCUT2D eigenvalue weighted by Gasteiger charge is -2.34. The van der Waals surface area contributed by atoms with E-state index in [9.17, 15) is 9.50 Å². The predicted molar refractivity (Wildman–Crippen MR) is 101 cm³/mol. The molecule has 1 saturated heterocycles. The number of β-amino-alcohol motifs (C(OH)–C–C–N with tert-alkyl or cyclic N) is 1.